The highest BCUT2D eigenvalue weighted by molar-refractivity contribution is 9.10. The Morgan fingerprint density at radius 1 is 1.17 bits per heavy atom. The predicted molar refractivity (Wildman–Crippen MR) is 81.1 cm³/mol. The molecule has 9 heteroatoms. The van der Waals surface area contributed by atoms with Crippen molar-refractivity contribution >= 4 is 38.6 Å². The van der Waals surface area contributed by atoms with Gasteiger partial charge < -0.3 is 9.84 Å². The molecule has 0 bridgehead atoms. The van der Waals surface area contributed by atoms with Gasteiger partial charge in [-0.25, -0.2) is 4.39 Å². The molecule has 0 saturated carbocycles. The molecule has 1 heterocycles. The van der Waals surface area contributed by atoms with Crippen molar-refractivity contribution < 1.29 is 26.9 Å². The van der Waals surface area contributed by atoms with E-state index >= 15 is 0 Å². The van der Waals surface area contributed by atoms with E-state index in [1.54, 1.807) is 18.2 Å². The lowest BCUT2D eigenvalue weighted by Crippen LogP contribution is -2.16. The molecule has 0 saturated heterocycles. The largest absolute Gasteiger partial charge is 0.416 e. The quantitative estimate of drug-likeness (QED) is 0.613. The molecule has 4 nitrogen and oxygen atoms in total. The highest BCUT2D eigenvalue weighted by Gasteiger charge is 2.32. The molecule has 1 aromatic heterocycles. The summed E-state index contributed by atoms with van der Waals surface area (Å²) in [4.78, 5) is 12.1. The van der Waals surface area contributed by atoms with Crippen molar-refractivity contribution in [2.45, 2.75) is 6.18 Å². The van der Waals surface area contributed by atoms with Crippen LogP contribution >= 0.6 is 15.9 Å². The third-order valence-electron chi connectivity index (χ3n) is 3.20. The number of nitrogens with one attached hydrogen (secondary N) is 1. The number of hydrogen-bond acceptors (Lipinski definition) is 3. The maximum atomic E-state index is 13.7. The fourth-order valence-electron chi connectivity index (χ4n) is 2.05. The second-order valence-corrected chi connectivity index (χ2v) is 5.73. The summed E-state index contributed by atoms with van der Waals surface area (Å²) in [5.41, 5.74) is -1.50. The van der Waals surface area contributed by atoms with Crippen LogP contribution in [0.2, 0.25) is 0 Å². The minimum atomic E-state index is -4.69. The molecule has 1 N–H and O–H groups in total. The molecule has 0 aliphatic heterocycles. The molecule has 0 fully saturated rings. The van der Waals surface area contributed by atoms with Crippen LogP contribution in [-0.4, -0.2) is 11.1 Å². The lowest BCUT2D eigenvalue weighted by atomic mass is 10.1. The summed E-state index contributed by atoms with van der Waals surface area (Å²) in [7, 11) is 0. The van der Waals surface area contributed by atoms with Gasteiger partial charge in [0, 0.05) is 4.47 Å². The maximum absolute atomic E-state index is 13.7. The fourth-order valence-corrected chi connectivity index (χ4v) is 2.41. The molecule has 0 radical (unpaired) electrons. The van der Waals surface area contributed by atoms with Gasteiger partial charge in [0.05, 0.1) is 16.5 Å². The van der Waals surface area contributed by atoms with E-state index in [-0.39, 0.29) is 5.82 Å². The van der Waals surface area contributed by atoms with E-state index in [4.69, 9.17) is 4.52 Å². The van der Waals surface area contributed by atoms with Gasteiger partial charge in [0.25, 0.3) is 5.91 Å². The van der Waals surface area contributed by atoms with Crippen LogP contribution in [0, 0.1) is 5.82 Å². The Hall–Kier alpha value is -2.42. The predicted octanol–water partition coefficient (Wildman–Crippen LogP) is 5.00. The van der Waals surface area contributed by atoms with Crippen LogP contribution in [0.3, 0.4) is 0 Å². The van der Waals surface area contributed by atoms with Crippen molar-refractivity contribution in [1.29, 1.82) is 0 Å². The summed E-state index contributed by atoms with van der Waals surface area (Å²) in [6, 6.07) is 6.48. The number of benzene rings is 2. The van der Waals surface area contributed by atoms with Gasteiger partial charge in [-0.2, -0.15) is 13.2 Å². The summed E-state index contributed by atoms with van der Waals surface area (Å²) in [6.07, 6.45) is -4.69. The van der Waals surface area contributed by atoms with Gasteiger partial charge in [0.1, 0.15) is 5.82 Å². The molecule has 0 spiro atoms. The van der Waals surface area contributed by atoms with Crippen LogP contribution in [0.4, 0.5) is 23.4 Å². The summed E-state index contributed by atoms with van der Waals surface area (Å²) < 4.78 is 57.5. The average Bonchev–Trinajstić information content (AvgIpc) is 2.88. The minimum absolute atomic E-state index is 0.0203. The third-order valence-corrected chi connectivity index (χ3v) is 3.70. The van der Waals surface area contributed by atoms with E-state index in [1.807, 2.05) is 0 Å². The van der Waals surface area contributed by atoms with Gasteiger partial charge in [0.15, 0.2) is 11.4 Å². The Bertz CT molecular complexity index is 937. The van der Waals surface area contributed by atoms with Crippen LogP contribution in [0.5, 0.6) is 0 Å². The molecule has 2 aromatic carbocycles. The molecule has 0 aliphatic carbocycles. The second-order valence-electron chi connectivity index (χ2n) is 4.82. The van der Waals surface area contributed by atoms with Crippen LogP contribution in [0.1, 0.15) is 15.9 Å². The molecule has 3 rings (SSSR count). The number of nitrogens with zero attached hydrogens (tertiary/aromatic N) is 1. The van der Waals surface area contributed by atoms with Crippen molar-refractivity contribution in [2.75, 3.05) is 5.32 Å². The van der Waals surface area contributed by atoms with E-state index in [1.165, 1.54) is 0 Å². The zero-order valence-corrected chi connectivity index (χ0v) is 13.2. The van der Waals surface area contributed by atoms with Crippen molar-refractivity contribution in [3.63, 3.8) is 0 Å². The van der Waals surface area contributed by atoms with Crippen molar-refractivity contribution in [2.24, 2.45) is 0 Å². The zero-order valence-electron chi connectivity index (χ0n) is 11.6. The van der Waals surface area contributed by atoms with Gasteiger partial charge in [-0.05, 0) is 36.4 Å². The second kappa shape index (κ2) is 5.90. The summed E-state index contributed by atoms with van der Waals surface area (Å²) in [5.74, 6) is -2.16. The third kappa shape index (κ3) is 3.12. The molecule has 1 amide bonds. The van der Waals surface area contributed by atoms with E-state index in [0.29, 0.717) is 33.6 Å². The van der Waals surface area contributed by atoms with E-state index in [0.717, 1.165) is 0 Å². The first-order valence-corrected chi connectivity index (χ1v) is 7.28. The first kappa shape index (κ1) is 16.4. The van der Waals surface area contributed by atoms with Gasteiger partial charge in [0.2, 0.25) is 0 Å². The first-order valence-electron chi connectivity index (χ1n) is 6.49. The number of anilines is 1. The SMILES string of the molecule is O=C(Nc1noc2ccc(Br)cc12)c1cc(C(F)(F)F)ccc1F. The topological polar surface area (TPSA) is 55.1 Å². The molecule has 0 unspecified atom stereocenters. The minimum Gasteiger partial charge on any atom is -0.354 e. The van der Waals surface area contributed by atoms with E-state index < -0.39 is 29.0 Å². The highest BCUT2D eigenvalue weighted by Crippen LogP contribution is 2.31. The van der Waals surface area contributed by atoms with Gasteiger partial charge >= 0.3 is 6.18 Å². The first-order chi connectivity index (χ1) is 11.3. The Morgan fingerprint density at radius 2 is 1.92 bits per heavy atom. The molecule has 124 valence electrons. The summed E-state index contributed by atoms with van der Waals surface area (Å²) in [5, 5.41) is 6.31. The van der Waals surface area contributed by atoms with Crippen LogP contribution in [0.15, 0.2) is 45.4 Å². The number of alkyl halides is 3. The van der Waals surface area contributed by atoms with Crippen LogP contribution < -0.4 is 5.32 Å². The number of fused-ring (bicyclic) bond motifs is 1. The highest BCUT2D eigenvalue weighted by atomic mass is 79.9. The number of aromatic nitrogens is 1. The number of hydrogen-bond donors (Lipinski definition) is 1. The van der Waals surface area contributed by atoms with Crippen molar-refractivity contribution in [3.05, 3.63) is 57.8 Å². The van der Waals surface area contributed by atoms with Crippen LogP contribution in [0.25, 0.3) is 11.0 Å². The normalized spacial score (nSPS) is 11.7. The molecular formula is C15H7BrF4N2O2. The number of carbonyl (C=O) groups is 1. The molecule has 0 atom stereocenters. The Balaban J connectivity index is 1.96. The van der Waals surface area contributed by atoms with Crippen molar-refractivity contribution in [3.8, 4) is 0 Å². The number of carbonyl (C=O) groups excluding carboxylic acids is 1. The maximum Gasteiger partial charge on any atom is 0.416 e. The van der Waals surface area contributed by atoms with Crippen molar-refractivity contribution in [1.82, 2.24) is 5.16 Å². The molecule has 24 heavy (non-hydrogen) atoms. The standard InChI is InChI=1S/C15H7BrF4N2O2/c16-8-2-4-12-10(6-8)13(22-24-12)21-14(23)9-5-7(15(18,19)20)1-3-11(9)17/h1-6H,(H,21,22,23). The fraction of sp³-hybridized carbons (Fsp3) is 0.0667. The van der Waals surface area contributed by atoms with Gasteiger partial charge in [-0.1, -0.05) is 21.1 Å². The van der Waals surface area contributed by atoms with E-state index in [9.17, 15) is 22.4 Å². The Morgan fingerprint density at radius 3 is 2.62 bits per heavy atom. The molecule has 3 aromatic rings. The summed E-state index contributed by atoms with van der Waals surface area (Å²) in [6.45, 7) is 0. The number of halogens is 5. The summed E-state index contributed by atoms with van der Waals surface area (Å²) >= 11 is 3.24. The van der Waals surface area contributed by atoms with E-state index in [2.05, 4.69) is 26.4 Å². The zero-order chi connectivity index (χ0) is 17.5. The lowest BCUT2D eigenvalue weighted by molar-refractivity contribution is -0.137. The smallest absolute Gasteiger partial charge is 0.354 e. The Kier molecular flexibility index (Phi) is 4.04. The Labute approximate surface area is 140 Å². The molecule has 0 aliphatic rings. The number of amides is 1. The van der Waals surface area contributed by atoms with Crippen LogP contribution in [-0.2, 0) is 6.18 Å². The van der Waals surface area contributed by atoms with Gasteiger partial charge in [-0.15, -0.1) is 0 Å². The van der Waals surface area contributed by atoms with Gasteiger partial charge in [-0.3, -0.25) is 4.79 Å². The lowest BCUT2D eigenvalue weighted by Gasteiger charge is -2.09. The number of rotatable bonds is 2. The monoisotopic (exact) mass is 402 g/mol. The molecular weight excluding hydrogens is 396 g/mol. The average molecular weight is 403 g/mol.